The molecule has 1 aromatic carbocycles. The lowest BCUT2D eigenvalue weighted by atomic mass is 10.0. The number of nitrogens with two attached hydrogens (primary N) is 1. The zero-order valence-electron chi connectivity index (χ0n) is 18.5. The third-order valence-electron chi connectivity index (χ3n) is 7.38. The number of hydrogen-bond acceptors (Lipinski definition) is 6. The number of nitrogens with zero attached hydrogens (tertiary/aromatic N) is 4. The molecule has 2 aromatic heterocycles. The molecule has 3 aromatic rings. The summed E-state index contributed by atoms with van der Waals surface area (Å²) in [6.45, 7) is 3.81. The second-order valence-electron chi connectivity index (χ2n) is 9.52. The minimum absolute atomic E-state index is 0.221. The van der Waals surface area contributed by atoms with Crippen molar-refractivity contribution in [2.24, 2.45) is 11.1 Å². The molecule has 0 amide bonds. The molecule has 2 atom stereocenters. The quantitative estimate of drug-likeness (QED) is 0.516. The van der Waals surface area contributed by atoms with E-state index in [4.69, 9.17) is 15.7 Å². The van der Waals surface area contributed by atoms with Gasteiger partial charge in [0.1, 0.15) is 17.5 Å². The lowest BCUT2D eigenvalue weighted by molar-refractivity contribution is 0.553. The molecule has 32 heavy (non-hydrogen) atoms. The molecule has 3 heterocycles. The molecule has 2 fully saturated rings. The Balaban J connectivity index is 1.46. The number of benzene rings is 1. The fourth-order valence-corrected chi connectivity index (χ4v) is 5.41. The summed E-state index contributed by atoms with van der Waals surface area (Å²) in [5.41, 5.74) is 13.3. The minimum Gasteiger partial charge on any atom is -0.388 e. The van der Waals surface area contributed by atoms with Gasteiger partial charge in [-0.1, -0.05) is 6.07 Å². The van der Waals surface area contributed by atoms with Gasteiger partial charge in [0.05, 0.1) is 5.69 Å². The highest BCUT2D eigenvalue weighted by Crippen LogP contribution is 2.54. The van der Waals surface area contributed by atoms with E-state index in [9.17, 15) is 4.39 Å². The topological polar surface area (TPSA) is 80.0 Å². The van der Waals surface area contributed by atoms with Gasteiger partial charge in [0.25, 0.3) is 0 Å². The standard InChI is InChI=1S/C25H27FN6/c1-14-3-4-15(12-29-14)7-22-30-20-10-17-18(8-16(26)9-19(17)28-2)23(20)24(31-22)32-6-5-25(13-32)11-21(25)27/h3-4,8-9,12,21,28H,5-7,10-11,13,27H2,1-2H3/t21-,25+/m0/s1. The molecule has 2 aliphatic carbocycles. The predicted molar refractivity (Wildman–Crippen MR) is 123 cm³/mol. The highest BCUT2D eigenvalue weighted by atomic mass is 19.1. The Labute approximate surface area is 187 Å². The second kappa shape index (κ2) is 6.97. The molecule has 0 unspecified atom stereocenters. The van der Waals surface area contributed by atoms with Gasteiger partial charge in [-0.15, -0.1) is 0 Å². The highest BCUT2D eigenvalue weighted by molar-refractivity contribution is 5.88. The fraction of sp³-hybridized carbons (Fsp3) is 0.400. The van der Waals surface area contributed by atoms with Crippen LogP contribution in [0.25, 0.3) is 11.1 Å². The van der Waals surface area contributed by atoms with Crippen LogP contribution in [0.3, 0.4) is 0 Å². The van der Waals surface area contributed by atoms with E-state index in [1.807, 2.05) is 26.2 Å². The number of pyridine rings is 1. The van der Waals surface area contributed by atoms with Crippen LogP contribution in [0.2, 0.25) is 0 Å². The van der Waals surface area contributed by atoms with Crippen LogP contribution in [0.1, 0.15) is 41.2 Å². The molecule has 6 rings (SSSR count). The summed E-state index contributed by atoms with van der Waals surface area (Å²) < 4.78 is 14.5. The molecule has 164 valence electrons. The predicted octanol–water partition coefficient (Wildman–Crippen LogP) is 3.45. The first-order valence-corrected chi connectivity index (χ1v) is 11.3. The van der Waals surface area contributed by atoms with E-state index in [1.165, 1.54) is 0 Å². The molecule has 0 bridgehead atoms. The van der Waals surface area contributed by atoms with Crippen molar-refractivity contribution < 1.29 is 4.39 Å². The number of rotatable bonds is 4. The van der Waals surface area contributed by atoms with Crippen molar-refractivity contribution in [1.82, 2.24) is 15.0 Å². The van der Waals surface area contributed by atoms with Crippen molar-refractivity contribution in [3.05, 3.63) is 64.6 Å². The molecular weight excluding hydrogens is 403 g/mol. The second-order valence-corrected chi connectivity index (χ2v) is 9.52. The van der Waals surface area contributed by atoms with Crippen LogP contribution in [-0.2, 0) is 12.8 Å². The van der Waals surface area contributed by atoms with Crippen molar-refractivity contribution in [1.29, 1.82) is 0 Å². The molecule has 3 aliphatic rings. The van der Waals surface area contributed by atoms with Crippen LogP contribution in [0.5, 0.6) is 0 Å². The molecule has 3 N–H and O–H groups in total. The van der Waals surface area contributed by atoms with E-state index < -0.39 is 0 Å². The summed E-state index contributed by atoms with van der Waals surface area (Å²) in [6.07, 6.45) is 5.35. The van der Waals surface area contributed by atoms with Gasteiger partial charge in [0, 0.05) is 67.6 Å². The van der Waals surface area contributed by atoms with Gasteiger partial charge in [0.15, 0.2) is 0 Å². The summed E-state index contributed by atoms with van der Waals surface area (Å²) in [6, 6.07) is 7.56. The summed E-state index contributed by atoms with van der Waals surface area (Å²) >= 11 is 0. The molecular formula is C25H27FN6. The van der Waals surface area contributed by atoms with E-state index in [-0.39, 0.29) is 17.3 Å². The van der Waals surface area contributed by atoms with Crippen LogP contribution in [0.15, 0.2) is 30.5 Å². The zero-order valence-corrected chi connectivity index (χ0v) is 18.5. The van der Waals surface area contributed by atoms with Gasteiger partial charge >= 0.3 is 0 Å². The lowest BCUT2D eigenvalue weighted by Gasteiger charge is -2.22. The van der Waals surface area contributed by atoms with Gasteiger partial charge < -0.3 is 16.0 Å². The molecule has 1 saturated carbocycles. The Morgan fingerprint density at radius 2 is 2.12 bits per heavy atom. The van der Waals surface area contributed by atoms with E-state index in [1.54, 1.807) is 12.1 Å². The van der Waals surface area contributed by atoms with E-state index in [2.05, 4.69) is 21.3 Å². The summed E-state index contributed by atoms with van der Waals surface area (Å²) in [4.78, 5) is 16.8. The molecule has 6 nitrogen and oxygen atoms in total. The third kappa shape index (κ3) is 3.06. The van der Waals surface area contributed by atoms with E-state index in [0.717, 1.165) is 76.9 Å². The first-order valence-electron chi connectivity index (χ1n) is 11.3. The lowest BCUT2D eigenvalue weighted by Crippen LogP contribution is -2.25. The summed E-state index contributed by atoms with van der Waals surface area (Å²) in [5.74, 6) is 1.46. The SMILES string of the molecule is CNc1cc(F)cc2c1Cc1nc(Cc3ccc(C)nc3)nc(N3CC[C@@]4(C[C@@H]4N)C3)c1-2. The number of halogens is 1. The average molecular weight is 431 g/mol. The van der Waals surface area contributed by atoms with Crippen molar-refractivity contribution in [3.63, 3.8) is 0 Å². The number of aromatic nitrogens is 3. The molecule has 0 radical (unpaired) electrons. The van der Waals surface area contributed by atoms with Gasteiger partial charge in [0.2, 0.25) is 0 Å². The van der Waals surface area contributed by atoms with Gasteiger partial charge in [-0.3, -0.25) is 4.98 Å². The van der Waals surface area contributed by atoms with Crippen LogP contribution >= 0.6 is 0 Å². The van der Waals surface area contributed by atoms with Gasteiger partial charge in [-0.25, -0.2) is 14.4 Å². The number of aryl methyl sites for hydroxylation is 1. The number of nitrogens with one attached hydrogen (secondary N) is 1. The Morgan fingerprint density at radius 3 is 2.81 bits per heavy atom. The summed E-state index contributed by atoms with van der Waals surface area (Å²) in [5, 5.41) is 3.15. The number of fused-ring (bicyclic) bond motifs is 3. The maximum absolute atomic E-state index is 14.5. The van der Waals surface area contributed by atoms with Crippen molar-refractivity contribution in [2.45, 2.75) is 38.6 Å². The average Bonchev–Trinajstić information content (AvgIpc) is 3.10. The Morgan fingerprint density at radius 1 is 1.28 bits per heavy atom. The molecule has 1 aliphatic heterocycles. The van der Waals surface area contributed by atoms with Gasteiger partial charge in [-0.2, -0.15) is 0 Å². The zero-order chi connectivity index (χ0) is 22.0. The minimum atomic E-state index is -0.246. The number of hydrogen-bond donors (Lipinski definition) is 2. The normalized spacial score (nSPS) is 22.9. The first kappa shape index (κ1) is 19.6. The molecule has 1 spiro atoms. The smallest absolute Gasteiger partial charge is 0.140 e. The van der Waals surface area contributed by atoms with E-state index in [0.29, 0.717) is 12.8 Å². The van der Waals surface area contributed by atoms with Crippen molar-refractivity contribution in [3.8, 4) is 11.1 Å². The van der Waals surface area contributed by atoms with Crippen LogP contribution in [-0.4, -0.2) is 41.1 Å². The molecule has 7 heteroatoms. The monoisotopic (exact) mass is 430 g/mol. The summed E-state index contributed by atoms with van der Waals surface area (Å²) in [7, 11) is 1.83. The fourth-order valence-electron chi connectivity index (χ4n) is 5.41. The first-order chi connectivity index (χ1) is 15.5. The highest BCUT2D eigenvalue weighted by Gasteiger charge is 2.56. The maximum atomic E-state index is 14.5. The van der Waals surface area contributed by atoms with E-state index >= 15 is 0 Å². The Kier molecular flexibility index (Phi) is 4.27. The Bertz CT molecular complexity index is 1220. The molecule has 1 saturated heterocycles. The van der Waals surface area contributed by atoms with Crippen LogP contribution < -0.4 is 16.0 Å². The van der Waals surface area contributed by atoms with Crippen LogP contribution in [0, 0.1) is 18.2 Å². The van der Waals surface area contributed by atoms with Crippen molar-refractivity contribution >= 4 is 11.5 Å². The van der Waals surface area contributed by atoms with Gasteiger partial charge in [-0.05, 0) is 54.7 Å². The Hall–Kier alpha value is -3.06. The largest absolute Gasteiger partial charge is 0.388 e. The van der Waals surface area contributed by atoms with Crippen molar-refractivity contribution in [2.75, 3.05) is 30.4 Å². The van der Waals surface area contributed by atoms with Crippen LogP contribution in [0.4, 0.5) is 15.9 Å². The third-order valence-corrected chi connectivity index (χ3v) is 7.38. The number of anilines is 2. The maximum Gasteiger partial charge on any atom is 0.140 e.